The van der Waals surface area contributed by atoms with Crippen molar-refractivity contribution in [2.24, 2.45) is 5.73 Å². The molecule has 0 fully saturated rings. The lowest BCUT2D eigenvalue weighted by molar-refractivity contribution is 0.0512. The fraction of sp³-hybridized carbons (Fsp3) is 0.600. The maximum atomic E-state index is 11.6. The number of nitrogens with two attached hydrogens (primary N) is 1. The Morgan fingerprint density at radius 1 is 1.80 bits per heavy atom. The Labute approximate surface area is 88.2 Å². The van der Waals surface area contributed by atoms with Crippen LogP contribution in [0.3, 0.4) is 0 Å². The predicted molar refractivity (Wildman–Crippen MR) is 54.5 cm³/mol. The van der Waals surface area contributed by atoms with Crippen molar-refractivity contribution in [3.05, 3.63) is 17.7 Å². The Morgan fingerprint density at radius 2 is 2.60 bits per heavy atom. The highest BCUT2D eigenvalue weighted by atomic mass is 16.5. The summed E-state index contributed by atoms with van der Waals surface area (Å²) in [7, 11) is 0. The van der Waals surface area contributed by atoms with E-state index in [1.54, 1.807) is 13.1 Å². The number of aryl methyl sites for hydroxylation is 1. The second-order valence-corrected chi connectivity index (χ2v) is 3.69. The van der Waals surface area contributed by atoms with Crippen LogP contribution < -0.4 is 5.73 Å². The van der Waals surface area contributed by atoms with Gasteiger partial charge in [0.25, 0.3) is 0 Å². The second-order valence-electron chi connectivity index (χ2n) is 3.69. The normalized spacial score (nSPS) is 19.7. The van der Waals surface area contributed by atoms with E-state index in [-0.39, 0.29) is 12.0 Å². The molecule has 0 aliphatic carbocycles. The molecule has 82 valence electrons. The van der Waals surface area contributed by atoms with Crippen molar-refractivity contribution in [2.75, 3.05) is 6.61 Å². The Hall–Kier alpha value is -1.36. The SMILES string of the molecule is CCOC(=O)c1cnc2n1CC(N)CC2. The number of hydrogen-bond acceptors (Lipinski definition) is 4. The molecule has 5 heteroatoms. The van der Waals surface area contributed by atoms with Crippen LogP contribution in [0.5, 0.6) is 0 Å². The molecule has 0 spiro atoms. The molecule has 2 rings (SSSR count). The number of hydrogen-bond donors (Lipinski definition) is 1. The molecule has 1 aliphatic heterocycles. The highest BCUT2D eigenvalue weighted by molar-refractivity contribution is 5.87. The molecule has 0 saturated carbocycles. The summed E-state index contributed by atoms with van der Waals surface area (Å²) in [6, 6.07) is 0.111. The maximum Gasteiger partial charge on any atom is 0.356 e. The van der Waals surface area contributed by atoms with Crippen molar-refractivity contribution in [3.63, 3.8) is 0 Å². The fourth-order valence-corrected chi connectivity index (χ4v) is 1.83. The lowest BCUT2D eigenvalue weighted by Gasteiger charge is -2.21. The van der Waals surface area contributed by atoms with Crippen molar-refractivity contribution in [2.45, 2.75) is 32.4 Å². The van der Waals surface area contributed by atoms with E-state index in [1.807, 2.05) is 4.57 Å². The van der Waals surface area contributed by atoms with Gasteiger partial charge in [-0.1, -0.05) is 0 Å². The molecule has 2 N–H and O–H groups in total. The van der Waals surface area contributed by atoms with E-state index in [9.17, 15) is 4.79 Å². The van der Waals surface area contributed by atoms with Gasteiger partial charge in [0, 0.05) is 19.0 Å². The fourth-order valence-electron chi connectivity index (χ4n) is 1.83. The third kappa shape index (κ3) is 1.87. The largest absolute Gasteiger partial charge is 0.461 e. The predicted octanol–water partition coefficient (Wildman–Crippen LogP) is 0.333. The first-order valence-corrected chi connectivity index (χ1v) is 5.19. The van der Waals surface area contributed by atoms with Gasteiger partial charge in [-0.3, -0.25) is 0 Å². The van der Waals surface area contributed by atoms with Gasteiger partial charge >= 0.3 is 5.97 Å². The highest BCUT2D eigenvalue weighted by Crippen LogP contribution is 2.16. The molecule has 1 aromatic heterocycles. The molecule has 0 aromatic carbocycles. The van der Waals surface area contributed by atoms with Crippen LogP contribution in [-0.2, 0) is 17.7 Å². The maximum absolute atomic E-state index is 11.6. The van der Waals surface area contributed by atoms with E-state index in [1.165, 1.54) is 0 Å². The van der Waals surface area contributed by atoms with Gasteiger partial charge in [0.15, 0.2) is 0 Å². The summed E-state index contributed by atoms with van der Waals surface area (Å²) in [4.78, 5) is 15.8. The van der Waals surface area contributed by atoms with Crippen LogP contribution in [0.2, 0.25) is 0 Å². The molecule has 1 aliphatic rings. The summed E-state index contributed by atoms with van der Waals surface area (Å²) >= 11 is 0. The first-order valence-electron chi connectivity index (χ1n) is 5.19. The summed E-state index contributed by atoms with van der Waals surface area (Å²) in [6.45, 7) is 2.83. The summed E-state index contributed by atoms with van der Waals surface area (Å²) in [5.41, 5.74) is 6.37. The van der Waals surface area contributed by atoms with Crippen LogP contribution >= 0.6 is 0 Å². The minimum Gasteiger partial charge on any atom is -0.461 e. The minimum absolute atomic E-state index is 0.111. The molecule has 0 bridgehead atoms. The Kier molecular flexibility index (Phi) is 2.73. The number of fused-ring (bicyclic) bond motifs is 1. The van der Waals surface area contributed by atoms with Crippen LogP contribution in [0.4, 0.5) is 0 Å². The molecule has 5 nitrogen and oxygen atoms in total. The molecule has 0 radical (unpaired) electrons. The van der Waals surface area contributed by atoms with E-state index in [0.29, 0.717) is 18.8 Å². The first-order chi connectivity index (χ1) is 7.22. The van der Waals surface area contributed by atoms with Crippen LogP contribution in [0.25, 0.3) is 0 Å². The van der Waals surface area contributed by atoms with Gasteiger partial charge in [0.05, 0.1) is 12.8 Å². The van der Waals surface area contributed by atoms with Gasteiger partial charge in [-0.05, 0) is 13.3 Å². The third-order valence-corrected chi connectivity index (χ3v) is 2.58. The minimum atomic E-state index is -0.314. The lowest BCUT2D eigenvalue weighted by Crippen LogP contribution is -2.33. The zero-order chi connectivity index (χ0) is 10.8. The van der Waals surface area contributed by atoms with Crippen molar-refractivity contribution in [3.8, 4) is 0 Å². The Bertz CT molecular complexity index is 373. The van der Waals surface area contributed by atoms with E-state index >= 15 is 0 Å². The molecular weight excluding hydrogens is 194 g/mol. The van der Waals surface area contributed by atoms with E-state index in [0.717, 1.165) is 18.7 Å². The van der Waals surface area contributed by atoms with Crippen LogP contribution in [0, 0.1) is 0 Å². The Balaban J connectivity index is 2.26. The molecular formula is C10H15N3O2. The van der Waals surface area contributed by atoms with E-state index in [4.69, 9.17) is 10.5 Å². The molecule has 1 atom stereocenters. The summed E-state index contributed by atoms with van der Waals surface area (Å²) < 4.78 is 6.81. The molecule has 1 aromatic rings. The quantitative estimate of drug-likeness (QED) is 0.713. The monoisotopic (exact) mass is 209 g/mol. The van der Waals surface area contributed by atoms with Crippen molar-refractivity contribution in [1.29, 1.82) is 0 Å². The van der Waals surface area contributed by atoms with Gasteiger partial charge in [0.1, 0.15) is 11.5 Å². The zero-order valence-electron chi connectivity index (χ0n) is 8.77. The third-order valence-electron chi connectivity index (χ3n) is 2.58. The summed E-state index contributed by atoms with van der Waals surface area (Å²) in [5, 5.41) is 0. The van der Waals surface area contributed by atoms with E-state index < -0.39 is 0 Å². The summed E-state index contributed by atoms with van der Waals surface area (Å²) in [6.07, 6.45) is 3.34. The Morgan fingerprint density at radius 3 is 3.33 bits per heavy atom. The smallest absolute Gasteiger partial charge is 0.356 e. The van der Waals surface area contributed by atoms with Crippen molar-refractivity contribution < 1.29 is 9.53 Å². The number of ether oxygens (including phenoxy) is 1. The first kappa shape index (κ1) is 10.2. The number of rotatable bonds is 2. The van der Waals surface area contributed by atoms with Gasteiger partial charge in [-0.2, -0.15) is 0 Å². The number of carbonyl (C=O) groups is 1. The number of carbonyl (C=O) groups excluding carboxylic acids is 1. The number of aromatic nitrogens is 2. The zero-order valence-corrected chi connectivity index (χ0v) is 8.77. The van der Waals surface area contributed by atoms with Crippen molar-refractivity contribution in [1.82, 2.24) is 9.55 Å². The van der Waals surface area contributed by atoms with Crippen LogP contribution in [-0.4, -0.2) is 28.2 Å². The summed E-state index contributed by atoms with van der Waals surface area (Å²) in [5.74, 6) is 0.616. The molecule has 0 saturated heterocycles. The lowest BCUT2D eigenvalue weighted by atomic mass is 10.1. The van der Waals surface area contributed by atoms with Crippen LogP contribution in [0.15, 0.2) is 6.20 Å². The standard InChI is InChI=1S/C10H15N3O2/c1-2-15-10(14)8-5-12-9-4-3-7(11)6-13(8)9/h5,7H,2-4,6,11H2,1H3. The van der Waals surface area contributed by atoms with Crippen molar-refractivity contribution >= 4 is 5.97 Å². The van der Waals surface area contributed by atoms with Crippen LogP contribution in [0.1, 0.15) is 29.7 Å². The number of imidazole rings is 1. The average molecular weight is 209 g/mol. The molecule has 0 amide bonds. The van der Waals surface area contributed by atoms with Gasteiger partial charge in [-0.25, -0.2) is 9.78 Å². The average Bonchev–Trinajstić information content (AvgIpc) is 2.60. The number of esters is 1. The van der Waals surface area contributed by atoms with Gasteiger partial charge in [-0.15, -0.1) is 0 Å². The van der Waals surface area contributed by atoms with Gasteiger partial charge in [0.2, 0.25) is 0 Å². The topological polar surface area (TPSA) is 70.1 Å². The second kappa shape index (κ2) is 4.02. The molecule has 2 heterocycles. The highest BCUT2D eigenvalue weighted by Gasteiger charge is 2.22. The molecule has 15 heavy (non-hydrogen) atoms. The molecule has 1 unspecified atom stereocenters. The number of nitrogens with zero attached hydrogens (tertiary/aromatic N) is 2. The van der Waals surface area contributed by atoms with Gasteiger partial charge < -0.3 is 15.0 Å². The van der Waals surface area contributed by atoms with E-state index in [2.05, 4.69) is 4.98 Å².